The van der Waals surface area contributed by atoms with Crippen LogP contribution < -0.4 is 10.1 Å². The van der Waals surface area contributed by atoms with E-state index in [2.05, 4.69) is 20.5 Å². The first-order chi connectivity index (χ1) is 13.0. The maximum atomic E-state index is 13.1. The zero-order chi connectivity index (χ0) is 19.0. The number of nitrogens with one attached hydrogen (secondary N) is 1. The molecular formula is C19H16N4O3S. The topological polar surface area (TPSA) is 94.1 Å². The zero-order valence-corrected chi connectivity index (χ0v) is 15.5. The Labute approximate surface area is 159 Å². The molecule has 0 radical (unpaired) electrons. The Morgan fingerprint density at radius 3 is 2.78 bits per heavy atom. The van der Waals surface area contributed by atoms with Gasteiger partial charge >= 0.3 is 0 Å². The van der Waals surface area contributed by atoms with E-state index in [-0.39, 0.29) is 17.5 Å². The number of para-hydroxylation sites is 1. The second-order valence-electron chi connectivity index (χ2n) is 6.74. The standard InChI is InChI=1S/C19H16N4O3S/c1-19(2,17(25)22-18-23-20-10-27-18)15-12-5-3-4-6-14(12)26-16-13(15)8-7-11(9-24)21-16/h3-10,15H,1-2H3,(H,22,23,25). The summed E-state index contributed by atoms with van der Waals surface area (Å²) in [6.07, 6.45) is 0.673. The minimum atomic E-state index is -0.843. The molecule has 1 unspecified atom stereocenters. The number of fused-ring (bicyclic) bond motifs is 2. The smallest absolute Gasteiger partial charge is 0.232 e. The summed E-state index contributed by atoms with van der Waals surface area (Å²) in [5.74, 6) is 0.479. The van der Waals surface area contributed by atoms with E-state index in [4.69, 9.17) is 4.74 Å². The lowest BCUT2D eigenvalue weighted by Crippen LogP contribution is -2.38. The molecule has 7 nitrogen and oxygen atoms in total. The van der Waals surface area contributed by atoms with Crippen molar-refractivity contribution in [1.82, 2.24) is 15.2 Å². The molecule has 0 spiro atoms. The Balaban J connectivity index is 1.81. The van der Waals surface area contributed by atoms with Crippen molar-refractivity contribution in [2.75, 3.05) is 5.32 Å². The molecule has 3 aromatic rings. The van der Waals surface area contributed by atoms with E-state index in [0.717, 1.165) is 11.1 Å². The molecule has 2 aromatic heterocycles. The predicted molar refractivity (Wildman–Crippen MR) is 100 cm³/mol. The highest BCUT2D eigenvalue weighted by Crippen LogP contribution is 2.51. The van der Waals surface area contributed by atoms with Crippen LogP contribution in [0.1, 0.15) is 41.4 Å². The lowest BCUT2D eigenvalue weighted by Gasteiger charge is -2.37. The van der Waals surface area contributed by atoms with Gasteiger partial charge in [0.2, 0.25) is 16.9 Å². The van der Waals surface area contributed by atoms with Gasteiger partial charge in [-0.05, 0) is 12.1 Å². The number of carbonyl (C=O) groups is 2. The van der Waals surface area contributed by atoms with E-state index in [1.54, 1.807) is 17.6 Å². The van der Waals surface area contributed by atoms with Gasteiger partial charge in [0, 0.05) is 17.0 Å². The van der Waals surface area contributed by atoms with E-state index in [0.29, 0.717) is 23.0 Å². The summed E-state index contributed by atoms with van der Waals surface area (Å²) in [5.41, 5.74) is 2.65. The first-order valence-electron chi connectivity index (χ1n) is 8.31. The summed E-state index contributed by atoms with van der Waals surface area (Å²) in [5, 5.41) is 10.9. The molecular weight excluding hydrogens is 364 g/mol. The van der Waals surface area contributed by atoms with E-state index in [1.165, 1.54) is 11.3 Å². The monoisotopic (exact) mass is 380 g/mol. The number of amides is 1. The number of benzene rings is 1. The van der Waals surface area contributed by atoms with Gasteiger partial charge in [-0.3, -0.25) is 9.59 Å². The number of pyridine rings is 1. The fourth-order valence-electron chi connectivity index (χ4n) is 3.31. The van der Waals surface area contributed by atoms with Crippen LogP contribution in [0.15, 0.2) is 41.9 Å². The third-order valence-corrected chi connectivity index (χ3v) is 5.27. The molecule has 1 N–H and O–H groups in total. The minimum Gasteiger partial charge on any atom is -0.438 e. The average molecular weight is 380 g/mol. The number of nitrogens with zero attached hydrogens (tertiary/aromatic N) is 3. The van der Waals surface area contributed by atoms with Gasteiger partial charge < -0.3 is 10.1 Å². The van der Waals surface area contributed by atoms with Crippen LogP contribution in [0.25, 0.3) is 0 Å². The highest BCUT2D eigenvalue weighted by atomic mass is 32.1. The summed E-state index contributed by atoms with van der Waals surface area (Å²) in [6.45, 7) is 3.74. The number of aromatic nitrogens is 3. The van der Waals surface area contributed by atoms with Crippen LogP contribution in [0.3, 0.4) is 0 Å². The summed E-state index contributed by atoms with van der Waals surface area (Å²) < 4.78 is 5.91. The molecule has 8 heteroatoms. The maximum Gasteiger partial charge on any atom is 0.232 e. The van der Waals surface area contributed by atoms with Gasteiger partial charge in [-0.15, -0.1) is 10.2 Å². The van der Waals surface area contributed by atoms with Gasteiger partial charge in [-0.1, -0.05) is 49.4 Å². The maximum absolute atomic E-state index is 13.1. The van der Waals surface area contributed by atoms with E-state index in [1.807, 2.05) is 38.1 Å². The fraction of sp³-hybridized carbons (Fsp3) is 0.211. The van der Waals surface area contributed by atoms with Crippen molar-refractivity contribution in [3.63, 3.8) is 0 Å². The van der Waals surface area contributed by atoms with E-state index < -0.39 is 5.41 Å². The summed E-state index contributed by atoms with van der Waals surface area (Å²) in [7, 11) is 0. The van der Waals surface area contributed by atoms with Crippen molar-refractivity contribution >= 4 is 28.7 Å². The van der Waals surface area contributed by atoms with Crippen LogP contribution in [0.2, 0.25) is 0 Å². The number of hydrogen-bond acceptors (Lipinski definition) is 7. The van der Waals surface area contributed by atoms with Crippen LogP contribution >= 0.6 is 11.3 Å². The lowest BCUT2D eigenvalue weighted by molar-refractivity contribution is -0.124. The highest BCUT2D eigenvalue weighted by Gasteiger charge is 2.44. The third-order valence-electron chi connectivity index (χ3n) is 4.67. The first-order valence-corrected chi connectivity index (χ1v) is 9.19. The van der Waals surface area contributed by atoms with Gasteiger partial charge in [-0.2, -0.15) is 0 Å². The van der Waals surface area contributed by atoms with Crippen LogP contribution in [0.4, 0.5) is 5.13 Å². The third kappa shape index (κ3) is 2.97. The van der Waals surface area contributed by atoms with E-state index >= 15 is 0 Å². The molecule has 1 aromatic carbocycles. The molecule has 27 heavy (non-hydrogen) atoms. The molecule has 1 atom stereocenters. The van der Waals surface area contributed by atoms with Crippen LogP contribution in [-0.2, 0) is 4.79 Å². The van der Waals surface area contributed by atoms with E-state index in [9.17, 15) is 9.59 Å². The molecule has 3 heterocycles. The van der Waals surface area contributed by atoms with Gasteiger partial charge in [0.25, 0.3) is 0 Å². The van der Waals surface area contributed by atoms with Crippen LogP contribution in [0.5, 0.6) is 11.6 Å². The molecule has 136 valence electrons. The number of ether oxygens (including phenoxy) is 1. The molecule has 1 aliphatic rings. The molecule has 1 aliphatic heterocycles. The molecule has 0 saturated carbocycles. The van der Waals surface area contributed by atoms with Gasteiger partial charge in [-0.25, -0.2) is 4.98 Å². The minimum absolute atomic E-state index is 0.189. The van der Waals surface area contributed by atoms with Crippen LogP contribution in [-0.4, -0.2) is 27.4 Å². The second kappa shape index (κ2) is 6.55. The van der Waals surface area contributed by atoms with Crippen molar-refractivity contribution in [2.45, 2.75) is 19.8 Å². The Morgan fingerprint density at radius 1 is 1.22 bits per heavy atom. The van der Waals surface area contributed by atoms with Gasteiger partial charge in [0.1, 0.15) is 17.0 Å². The number of hydrogen-bond donors (Lipinski definition) is 1. The molecule has 4 rings (SSSR count). The Hall–Kier alpha value is -3.13. The molecule has 0 bridgehead atoms. The van der Waals surface area contributed by atoms with Crippen molar-refractivity contribution in [1.29, 1.82) is 0 Å². The molecule has 1 amide bonds. The van der Waals surface area contributed by atoms with Crippen molar-refractivity contribution < 1.29 is 14.3 Å². The Bertz CT molecular complexity index is 1020. The summed E-state index contributed by atoms with van der Waals surface area (Å²) in [4.78, 5) is 28.5. The Morgan fingerprint density at radius 2 is 2.04 bits per heavy atom. The lowest BCUT2D eigenvalue weighted by atomic mass is 9.69. The number of aldehydes is 1. The second-order valence-corrected chi connectivity index (χ2v) is 7.57. The molecule has 0 fully saturated rings. The van der Waals surface area contributed by atoms with Crippen LogP contribution in [0, 0.1) is 5.41 Å². The van der Waals surface area contributed by atoms with Gasteiger partial charge in [0.05, 0.1) is 5.41 Å². The molecule has 0 saturated heterocycles. The van der Waals surface area contributed by atoms with Gasteiger partial charge in [0.15, 0.2) is 6.29 Å². The first kappa shape index (κ1) is 17.3. The average Bonchev–Trinajstić information content (AvgIpc) is 3.18. The number of rotatable bonds is 4. The highest BCUT2D eigenvalue weighted by molar-refractivity contribution is 7.13. The number of carbonyl (C=O) groups excluding carboxylic acids is 2. The SMILES string of the molecule is CC(C)(C(=O)Nc1nncs1)C1c2ccccc2Oc2nc(C=O)ccc21. The largest absolute Gasteiger partial charge is 0.438 e. The molecule has 0 aliphatic carbocycles. The number of anilines is 1. The quantitative estimate of drug-likeness (QED) is 0.695. The Kier molecular flexibility index (Phi) is 4.19. The van der Waals surface area contributed by atoms with Crippen molar-refractivity contribution in [3.05, 3.63) is 58.7 Å². The fourth-order valence-corrected chi connectivity index (χ4v) is 3.75. The van der Waals surface area contributed by atoms with Crippen molar-refractivity contribution in [3.8, 4) is 11.6 Å². The van der Waals surface area contributed by atoms with Crippen molar-refractivity contribution in [2.24, 2.45) is 5.41 Å². The normalized spacial score (nSPS) is 15.3. The summed E-state index contributed by atoms with van der Waals surface area (Å²) in [6, 6.07) is 11.0. The predicted octanol–water partition coefficient (Wildman–Crippen LogP) is 3.65. The summed E-state index contributed by atoms with van der Waals surface area (Å²) >= 11 is 1.26. The zero-order valence-electron chi connectivity index (χ0n) is 14.7.